The largest absolute Gasteiger partial charge is 0.481 e. The molecular formula is C10H16O2. The van der Waals surface area contributed by atoms with Gasteiger partial charge in [-0.05, 0) is 38.0 Å². The summed E-state index contributed by atoms with van der Waals surface area (Å²) in [5, 5.41) is 8.43. The van der Waals surface area contributed by atoms with Gasteiger partial charge in [0.1, 0.15) is 0 Å². The third-order valence-electron chi connectivity index (χ3n) is 2.38. The lowest BCUT2D eigenvalue weighted by molar-refractivity contribution is -0.137. The molecule has 0 saturated carbocycles. The summed E-state index contributed by atoms with van der Waals surface area (Å²) in [5.41, 5.74) is 0. The number of carbonyl (C=O) groups is 1. The monoisotopic (exact) mass is 168 g/mol. The Morgan fingerprint density at radius 2 is 2.33 bits per heavy atom. The Balaban J connectivity index is 2.06. The van der Waals surface area contributed by atoms with Crippen LogP contribution in [0.1, 0.15) is 38.5 Å². The molecule has 68 valence electrons. The first-order valence-corrected chi connectivity index (χ1v) is 4.66. The topological polar surface area (TPSA) is 37.3 Å². The SMILES string of the molecule is O=C(O)CCCC1CC=CCC1. The van der Waals surface area contributed by atoms with Gasteiger partial charge < -0.3 is 5.11 Å². The van der Waals surface area contributed by atoms with Gasteiger partial charge in [0.25, 0.3) is 0 Å². The molecule has 0 saturated heterocycles. The Hall–Kier alpha value is -0.790. The molecule has 2 nitrogen and oxygen atoms in total. The second-order valence-electron chi connectivity index (χ2n) is 3.44. The van der Waals surface area contributed by atoms with Crippen molar-refractivity contribution < 1.29 is 9.90 Å². The van der Waals surface area contributed by atoms with Crippen LogP contribution in [0.2, 0.25) is 0 Å². The van der Waals surface area contributed by atoms with E-state index in [0.717, 1.165) is 25.2 Å². The third-order valence-corrected chi connectivity index (χ3v) is 2.38. The minimum atomic E-state index is -0.665. The van der Waals surface area contributed by atoms with E-state index < -0.39 is 5.97 Å². The molecule has 0 spiro atoms. The normalized spacial score (nSPS) is 22.5. The first-order chi connectivity index (χ1) is 5.79. The number of hydrogen-bond acceptors (Lipinski definition) is 1. The van der Waals surface area contributed by atoms with Crippen LogP contribution < -0.4 is 0 Å². The molecule has 1 unspecified atom stereocenters. The van der Waals surface area contributed by atoms with Crippen molar-refractivity contribution in [3.8, 4) is 0 Å². The summed E-state index contributed by atoms with van der Waals surface area (Å²) < 4.78 is 0. The van der Waals surface area contributed by atoms with Crippen molar-refractivity contribution in [2.24, 2.45) is 5.92 Å². The van der Waals surface area contributed by atoms with Gasteiger partial charge in [0.15, 0.2) is 0 Å². The van der Waals surface area contributed by atoms with Crippen molar-refractivity contribution in [1.29, 1.82) is 0 Å². The first kappa shape index (κ1) is 9.30. The lowest BCUT2D eigenvalue weighted by Gasteiger charge is -2.16. The molecular weight excluding hydrogens is 152 g/mol. The van der Waals surface area contributed by atoms with E-state index in [9.17, 15) is 4.79 Å². The van der Waals surface area contributed by atoms with Crippen LogP contribution in [0.15, 0.2) is 12.2 Å². The van der Waals surface area contributed by atoms with Crippen LogP contribution in [0, 0.1) is 5.92 Å². The smallest absolute Gasteiger partial charge is 0.303 e. The second-order valence-corrected chi connectivity index (χ2v) is 3.44. The van der Waals surface area contributed by atoms with Crippen LogP contribution in [0.3, 0.4) is 0 Å². The summed E-state index contributed by atoms with van der Waals surface area (Å²) in [4.78, 5) is 10.2. The first-order valence-electron chi connectivity index (χ1n) is 4.66. The Morgan fingerprint density at radius 3 is 2.92 bits per heavy atom. The lowest BCUT2D eigenvalue weighted by atomic mass is 9.90. The summed E-state index contributed by atoms with van der Waals surface area (Å²) in [6, 6.07) is 0. The minimum absolute atomic E-state index is 0.334. The summed E-state index contributed by atoms with van der Waals surface area (Å²) in [6.45, 7) is 0. The zero-order valence-electron chi connectivity index (χ0n) is 7.33. The van der Waals surface area contributed by atoms with Crippen LogP contribution >= 0.6 is 0 Å². The highest BCUT2D eigenvalue weighted by Gasteiger charge is 2.09. The Kier molecular flexibility index (Phi) is 3.85. The van der Waals surface area contributed by atoms with Crippen molar-refractivity contribution in [2.45, 2.75) is 38.5 Å². The average molecular weight is 168 g/mol. The molecule has 1 atom stereocenters. The van der Waals surface area contributed by atoms with E-state index in [0.29, 0.717) is 6.42 Å². The molecule has 0 aromatic carbocycles. The molecule has 0 amide bonds. The van der Waals surface area contributed by atoms with Crippen molar-refractivity contribution in [3.63, 3.8) is 0 Å². The number of allylic oxidation sites excluding steroid dienone is 2. The van der Waals surface area contributed by atoms with Gasteiger partial charge in [-0.1, -0.05) is 12.2 Å². The predicted octanol–water partition coefficient (Wildman–Crippen LogP) is 2.60. The molecule has 0 radical (unpaired) electrons. The quantitative estimate of drug-likeness (QED) is 0.655. The zero-order chi connectivity index (χ0) is 8.81. The fraction of sp³-hybridized carbons (Fsp3) is 0.700. The van der Waals surface area contributed by atoms with E-state index in [2.05, 4.69) is 12.2 Å². The standard InChI is InChI=1S/C10H16O2/c11-10(12)8-4-7-9-5-2-1-3-6-9/h1-2,9H,3-8H2,(H,11,12). The number of carboxylic acids is 1. The summed E-state index contributed by atoms with van der Waals surface area (Å²) in [7, 11) is 0. The fourth-order valence-corrected chi connectivity index (χ4v) is 1.66. The Bertz CT molecular complexity index is 173. The number of hydrogen-bond donors (Lipinski definition) is 1. The molecule has 0 aromatic heterocycles. The van der Waals surface area contributed by atoms with Crippen LogP contribution in [0.25, 0.3) is 0 Å². The lowest BCUT2D eigenvalue weighted by Crippen LogP contribution is -2.03. The molecule has 0 aliphatic heterocycles. The van der Waals surface area contributed by atoms with Crippen molar-refractivity contribution >= 4 is 5.97 Å². The van der Waals surface area contributed by atoms with E-state index in [4.69, 9.17) is 5.11 Å². The summed E-state index contributed by atoms with van der Waals surface area (Å²) in [5.74, 6) is 0.0794. The van der Waals surface area contributed by atoms with Gasteiger partial charge >= 0.3 is 5.97 Å². The molecule has 0 aromatic rings. The van der Waals surface area contributed by atoms with Gasteiger partial charge in [-0.3, -0.25) is 4.79 Å². The van der Waals surface area contributed by atoms with Crippen LogP contribution in [-0.4, -0.2) is 11.1 Å². The molecule has 1 aliphatic carbocycles. The van der Waals surface area contributed by atoms with Gasteiger partial charge in [-0.15, -0.1) is 0 Å². The number of rotatable bonds is 4. The molecule has 1 aliphatic rings. The van der Waals surface area contributed by atoms with Crippen LogP contribution in [0.5, 0.6) is 0 Å². The molecule has 2 heteroatoms. The Labute approximate surface area is 73.3 Å². The highest BCUT2D eigenvalue weighted by molar-refractivity contribution is 5.66. The summed E-state index contributed by atoms with van der Waals surface area (Å²) >= 11 is 0. The highest BCUT2D eigenvalue weighted by Crippen LogP contribution is 2.23. The molecule has 0 fully saturated rings. The van der Waals surface area contributed by atoms with E-state index in [1.165, 1.54) is 12.8 Å². The predicted molar refractivity (Wildman–Crippen MR) is 48.0 cm³/mol. The maximum absolute atomic E-state index is 10.2. The highest BCUT2D eigenvalue weighted by atomic mass is 16.4. The second kappa shape index (κ2) is 4.96. The molecule has 12 heavy (non-hydrogen) atoms. The minimum Gasteiger partial charge on any atom is -0.481 e. The van der Waals surface area contributed by atoms with E-state index in [1.54, 1.807) is 0 Å². The van der Waals surface area contributed by atoms with Crippen LogP contribution in [0.4, 0.5) is 0 Å². The molecule has 0 bridgehead atoms. The molecule has 1 N–H and O–H groups in total. The Morgan fingerprint density at radius 1 is 1.50 bits per heavy atom. The third kappa shape index (κ3) is 3.56. The van der Waals surface area contributed by atoms with Gasteiger partial charge in [-0.25, -0.2) is 0 Å². The van der Waals surface area contributed by atoms with Gasteiger partial charge in [-0.2, -0.15) is 0 Å². The number of aliphatic carboxylic acids is 1. The van der Waals surface area contributed by atoms with Gasteiger partial charge in [0.05, 0.1) is 0 Å². The van der Waals surface area contributed by atoms with Crippen molar-refractivity contribution in [3.05, 3.63) is 12.2 Å². The average Bonchev–Trinajstić information content (AvgIpc) is 2.05. The maximum atomic E-state index is 10.2. The van der Waals surface area contributed by atoms with E-state index >= 15 is 0 Å². The number of carboxylic acid groups (broad SMARTS) is 1. The van der Waals surface area contributed by atoms with Crippen molar-refractivity contribution in [2.75, 3.05) is 0 Å². The van der Waals surface area contributed by atoms with E-state index in [1.807, 2.05) is 0 Å². The maximum Gasteiger partial charge on any atom is 0.303 e. The van der Waals surface area contributed by atoms with Gasteiger partial charge in [0.2, 0.25) is 0 Å². The molecule has 1 rings (SSSR count). The zero-order valence-corrected chi connectivity index (χ0v) is 7.33. The van der Waals surface area contributed by atoms with Crippen LogP contribution in [-0.2, 0) is 4.79 Å². The van der Waals surface area contributed by atoms with E-state index in [-0.39, 0.29) is 0 Å². The van der Waals surface area contributed by atoms with Gasteiger partial charge in [0, 0.05) is 6.42 Å². The molecule has 0 heterocycles. The summed E-state index contributed by atoms with van der Waals surface area (Å²) in [6.07, 6.45) is 10.3. The fourth-order valence-electron chi connectivity index (χ4n) is 1.66. The van der Waals surface area contributed by atoms with Crippen molar-refractivity contribution in [1.82, 2.24) is 0 Å².